The number of hydrogen-bond acceptors (Lipinski definition) is 3. The molecule has 0 aliphatic carbocycles. The first-order valence-corrected chi connectivity index (χ1v) is 7.41. The number of hydrogen-bond donors (Lipinski definition) is 1. The Morgan fingerprint density at radius 3 is 2.83 bits per heavy atom. The van der Waals surface area contributed by atoms with Crippen LogP contribution >= 0.6 is 11.3 Å². The van der Waals surface area contributed by atoms with E-state index in [0.29, 0.717) is 11.8 Å². The quantitative estimate of drug-likeness (QED) is 0.843. The Morgan fingerprint density at radius 1 is 1.44 bits per heavy atom. The molecule has 1 N–H and O–H groups in total. The molecule has 3 rings (SSSR count). The normalized spacial score (nSPS) is 29.6. The third-order valence-electron chi connectivity index (χ3n) is 4.56. The summed E-state index contributed by atoms with van der Waals surface area (Å²) in [5.41, 5.74) is -0.0247. The summed E-state index contributed by atoms with van der Waals surface area (Å²) < 4.78 is 0. The highest BCUT2D eigenvalue weighted by Crippen LogP contribution is 2.41. The van der Waals surface area contributed by atoms with Gasteiger partial charge in [-0.3, -0.25) is 4.79 Å². The van der Waals surface area contributed by atoms with E-state index in [1.165, 1.54) is 4.88 Å². The number of aryl methyl sites for hydroxylation is 1. The van der Waals surface area contributed by atoms with E-state index in [2.05, 4.69) is 31.0 Å². The summed E-state index contributed by atoms with van der Waals surface area (Å²) in [6.45, 7) is 9.48. The molecule has 18 heavy (non-hydrogen) atoms. The van der Waals surface area contributed by atoms with Crippen LogP contribution in [0.5, 0.6) is 0 Å². The highest BCUT2D eigenvalue weighted by molar-refractivity contribution is 7.13. The van der Waals surface area contributed by atoms with Crippen molar-refractivity contribution in [2.24, 2.45) is 11.8 Å². The van der Waals surface area contributed by atoms with Gasteiger partial charge in [0.25, 0.3) is 5.91 Å². The van der Waals surface area contributed by atoms with Crippen molar-refractivity contribution in [2.75, 3.05) is 19.6 Å². The van der Waals surface area contributed by atoms with E-state index < -0.39 is 0 Å². The molecule has 98 valence electrons. The van der Waals surface area contributed by atoms with Crippen LogP contribution in [0.3, 0.4) is 0 Å². The zero-order valence-corrected chi connectivity index (χ0v) is 12.0. The van der Waals surface area contributed by atoms with Crippen LogP contribution in [-0.4, -0.2) is 36.0 Å². The van der Waals surface area contributed by atoms with Crippen LogP contribution in [0.25, 0.3) is 0 Å². The van der Waals surface area contributed by atoms with E-state index in [1.807, 2.05) is 12.1 Å². The van der Waals surface area contributed by atoms with Crippen LogP contribution in [-0.2, 0) is 0 Å². The van der Waals surface area contributed by atoms with Crippen LogP contribution < -0.4 is 5.32 Å². The minimum absolute atomic E-state index is 0.0247. The lowest BCUT2D eigenvalue weighted by atomic mass is 9.85. The largest absolute Gasteiger partial charge is 0.332 e. The van der Waals surface area contributed by atoms with E-state index in [-0.39, 0.29) is 11.4 Å². The average molecular weight is 264 g/mol. The van der Waals surface area contributed by atoms with E-state index >= 15 is 0 Å². The highest BCUT2D eigenvalue weighted by atomic mass is 32.1. The second kappa shape index (κ2) is 4.07. The van der Waals surface area contributed by atoms with Gasteiger partial charge in [-0.15, -0.1) is 11.3 Å². The lowest BCUT2D eigenvalue weighted by Gasteiger charge is -2.35. The Hall–Kier alpha value is -0.870. The zero-order valence-electron chi connectivity index (χ0n) is 11.2. The molecule has 2 fully saturated rings. The van der Waals surface area contributed by atoms with Gasteiger partial charge in [0.05, 0.1) is 4.88 Å². The first kappa shape index (κ1) is 12.2. The van der Waals surface area contributed by atoms with Crippen molar-refractivity contribution in [3.8, 4) is 0 Å². The monoisotopic (exact) mass is 264 g/mol. The minimum Gasteiger partial charge on any atom is -0.332 e. The molecule has 0 radical (unpaired) electrons. The molecule has 3 nitrogen and oxygen atoms in total. The van der Waals surface area contributed by atoms with Gasteiger partial charge in [-0.25, -0.2) is 0 Å². The number of nitrogens with zero attached hydrogens (tertiary/aromatic N) is 1. The van der Waals surface area contributed by atoms with Crippen LogP contribution in [0, 0.1) is 18.8 Å². The SMILES string of the molecule is Cc1ccc(C(=O)N2CC3CNCC3C2(C)C)s1. The Bertz CT molecular complexity index is 480. The van der Waals surface area contributed by atoms with Crippen molar-refractivity contribution in [2.45, 2.75) is 26.3 Å². The number of thiophene rings is 1. The smallest absolute Gasteiger partial charge is 0.264 e. The molecule has 2 unspecified atom stereocenters. The maximum atomic E-state index is 12.6. The van der Waals surface area contributed by atoms with Gasteiger partial charge in [0.1, 0.15) is 0 Å². The second-order valence-corrected chi connectivity index (χ2v) is 7.29. The van der Waals surface area contributed by atoms with E-state index in [4.69, 9.17) is 0 Å². The van der Waals surface area contributed by atoms with Crippen molar-refractivity contribution in [1.29, 1.82) is 0 Å². The third-order valence-corrected chi connectivity index (χ3v) is 5.54. The molecule has 0 saturated carbocycles. The summed E-state index contributed by atoms with van der Waals surface area (Å²) in [4.78, 5) is 16.8. The standard InChI is InChI=1S/C14H20N2OS/c1-9-4-5-12(18-9)13(17)16-8-10-6-15-7-11(10)14(16,2)3/h4-5,10-11,15H,6-8H2,1-3H3. The molecule has 2 aliphatic heterocycles. The molecule has 1 amide bonds. The molecule has 4 heteroatoms. The molecule has 0 spiro atoms. The number of fused-ring (bicyclic) bond motifs is 1. The summed E-state index contributed by atoms with van der Waals surface area (Å²) in [6, 6.07) is 3.99. The molecular formula is C14H20N2OS. The fourth-order valence-electron chi connectivity index (χ4n) is 3.45. The van der Waals surface area contributed by atoms with Crippen LogP contribution in [0.1, 0.15) is 28.4 Å². The van der Waals surface area contributed by atoms with Gasteiger partial charge in [-0.1, -0.05) is 0 Å². The van der Waals surface area contributed by atoms with Gasteiger partial charge in [-0.2, -0.15) is 0 Å². The first-order valence-electron chi connectivity index (χ1n) is 6.59. The predicted octanol–water partition coefficient (Wildman–Crippen LogP) is 2.13. The number of carbonyl (C=O) groups excluding carboxylic acids is 1. The molecule has 1 aromatic heterocycles. The van der Waals surface area contributed by atoms with E-state index in [9.17, 15) is 4.79 Å². The molecule has 0 aromatic carbocycles. The Balaban J connectivity index is 1.87. The van der Waals surface area contributed by atoms with Crippen molar-refractivity contribution in [1.82, 2.24) is 10.2 Å². The molecule has 3 heterocycles. The Morgan fingerprint density at radius 2 is 2.22 bits per heavy atom. The summed E-state index contributed by atoms with van der Waals surface area (Å²) in [6.07, 6.45) is 0. The van der Waals surface area contributed by atoms with Gasteiger partial charge < -0.3 is 10.2 Å². The maximum absolute atomic E-state index is 12.6. The third kappa shape index (κ3) is 1.70. The summed E-state index contributed by atoms with van der Waals surface area (Å²) >= 11 is 1.60. The number of rotatable bonds is 1. The summed E-state index contributed by atoms with van der Waals surface area (Å²) in [5.74, 6) is 1.44. The van der Waals surface area contributed by atoms with Gasteiger partial charge in [0.2, 0.25) is 0 Å². The van der Waals surface area contributed by atoms with Crippen molar-refractivity contribution >= 4 is 17.2 Å². The van der Waals surface area contributed by atoms with Crippen LogP contribution in [0.4, 0.5) is 0 Å². The molecule has 1 aromatic rings. The second-order valence-electron chi connectivity index (χ2n) is 6.00. The first-order chi connectivity index (χ1) is 8.50. The topological polar surface area (TPSA) is 32.3 Å². The number of amides is 1. The van der Waals surface area contributed by atoms with Crippen molar-refractivity contribution in [3.63, 3.8) is 0 Å². The number of carbonyl (C=O) groups is 1. The van der Waals surface area contributed by atoms with Gasteiger partial charge in [0, 0.05) is 30.1 Å². The maximum Gasteiger partial charge on any atom is 0.264 e. The molecule has 0 bridgehead atoms. The fourth-order valence-corrected chi connectivity index (χ4v) is 4.27. The predicted molar refractivity (Wildman–Crippen MR) is 74.0 cm³/mol. The highest BCUT2D eigenvalue weighted by Gasteiger charge is 2.51. The van der Waals surface area contributed by atoms with Gasteiger partial charge in [-0.05, 0) is 44.7 Å². The van der Waals surface area contributed by atoms with Gasteiger partial charge >= 0.3 is 0 Å². The summed E-state index contributed by atoms with van der Waals surface area (Å²) in [5, 5.41) is 3.45. The minimum atomic E-state index is -0.0247. The van der Waals surface area contributed by atoms with Crippen LogP contribution in [0.15, 0.2) is 12.1 Å². The number of nitrogens with one attached hydrogen (secondary N) is 1. The lowest BCUT2D eigenvalue weighted by molar-refractivity contribution is 0.0608. The molecule has 2 aliphatic rings. The molecular weight excluding hydrogens is 244 g/mol. The van der Waals surface area contributed by atoms with Crippen molar-refractivity contribution in [3.05, 3.63) is 21.9 Å². The Kier molecular flexibility index (Phi) is 2.75. The van der Waals surface area contributed by atoms with Gasteiger partial charge in [0.15, 0.2) is 0 Å². The van der Waals surface area contributed by atoms with Crippen LogP contribution in [0.2, 0.25) is 0 Å². The summed E-state index contributed by atoms with van der Waals surface area (Å²) in [7, 11) is 0. The Labute approximate surface area is 112 Å². The fraction of sp³-hybridized carbons (Fsp3) is 0.643. The zero-order chi connectivity index (χ0) is 12.9. The van der Waals surface area contributed by atoms with Crippen molar-refractivity contribution < 1.29 is 4.79 Å². The molecule has 2 atom stereocenters. The average Bonchev–Trinajstić information content (AvgIpc) is 2.96. The van der Waals surface area contributed by atoms with E-state index in [1.54, 1.807) is 11.3 Å². The molecule has 2 saturated heterocycles. The number of likely N-dealkylation sites (tertiary alicyclic amines) is 1. The van der Waals surface area contributed by atoms with E-state index in [0.717, 1.165) is 24.5 Å². The lowest BCUT2D eigenvalue weighted by Crippen LogP contribution is -2.47.